The summed E-state index contributed by atoms with van der Waals surface area (Å²) in [6, 6.07) is 7.85. The summed E-state index contributed by atoms with van der Waals surface area (Å²) in [4.78, 5) is 39.8. The summed E-state index contributed by atoms with van der Waals surface area (Å²) in [5, 5.41) is 4.67. The maximum Gasteiger partial charge on any atom is 0.255 e. The molecule has 0 aromatic heterocycles. The number of benzene rings is 2. The predicted molar refractivity (Wildman–Crippen MR) is 122 cm³/mol. The van der Waals surface area contributed by atoms with Gasteiger partial charge in [-0.15, -0.1) is 0 Å². The van der Waals surface area contributed by atoms with Crippen LogP contribution in [0.25, 0.3) is 0 Å². The van der Waals surface area contributed by atoms with Gasteiger partial charge in [-0.1, -0.05) is 30.3 Å². The number of carbonyl (C=O) groups excluding carboxylic acids is 3. The minimum absolute atomic E-state index is 0.0204. The molecule has 1 unspecified atom stereocenters. The first-order valence-electron chi connectivity index (χ1n) is 14.2. The third-order valence-corrected chi connectivity index (χ3v) is 5.64. The van der Waals surface area contributed by atoms with E-state index in [2.05, 4.69) is 5.32 Å². The molecule has 1 atom stereocenters. The Kier molecular flexibility index (Phi) is 4.19. The molecule has 2 aromatic rings. The van der Waals surface area contributed by atoms with Crippen molar-refractivity contribution >= 4 is 23.4 Å². The first-order chi connectivity index (χ1) is 18.7. The van der Waals surface area contributed by atoms with Crippen LogP contribution >= 0.6 is 0 Å². The standard InChI is InChI=1S/C25H28N4O4/c30-23-9-8-22(24(31)27-23)29-16-20-19(25(29)32)6-3-7-21(20)26-14-17-4-1-2-5-18(17)15-28-10-12-33-13-11-28/h1-7,22,26H,8-16H2,(H,27,30,31)/i14D2,15D2,16D2,22D. The van der Waals surface area contributed by atoms with Gasteiger partial charge >= 0.3 is 0 Å². The van der Waals surface area contributed by atoms with Crippen LogP contribution < -0.4 is 10.6 Å². The second-order valence-electron chi connectivity index (χ2n) is 7.81. The van der Waals surface area contributed by atoms with Crippen LogP contribution in [0.5, 0.6) is 0 Å². The van der Waals surface area contributed by atoms with Crippen LogP contribution in [0.1, 0.15) is 49.5 Å². The molecule has 0 spiro atoms. The van der Waals surface area contributed by atoms with Crippen LogP contribution in [0.3, 0.4) is 0 Å². The van der Waals surface area contributed by atoms with Gasteiger partial charge in [0.2, 0.25) is 11.8 Å². The molecule has 2 fully saturated rings. The van der Waals surface area contributed by atoms with Crippen molar-refractivity contribution in [1.82, 2.24) is 15.1 Å². The summed E-state index contributed by atoms with van der Waals surface area (Å²) in [5.74, 6) is -2.67. The van der Waals surface area contributed by atoms with Crippen molar-refractivity contribution in [3.63, 3.8) is 0 Å². The molecule has 0 radical (unpaired) electrons. The van der Waals surface area contributed by atoms with Crippen molar-refractivity contribution < 1.29 is 28.7 Å². The van der Waals surface area contributed by atoms with E-state index in [4.69, 9.17) is 14.3 Å². The lowest BCUT2D eigenvalue weighted by Gasteiger charge is -2.29. The molecular weight excluding hydrogens is 420 g/mol. The summed E-state index contributed by atoms with van der Waals surface area (Å²) in [6.45, 7) is -5.89. The van der Waals surface area contributed by atoms with Gasteiger partial charge in [0.1, 0.15) is 6.02 Å². The molecule has 33 heavy (non-hydrogen) atoms. The second-order valence-corrected chi connectivity index (χ2v) is 7.81. The Labute approximate surface area is 202 Å². The highest BCUT2D eigenvalue weighted by molar-refractivity contribution is 6.06. The quantitative estimate of drug-likeness (QED) is 0.647. The van der Waals surface area contributed by atoms with E-state index in [1.54, 1.807) is 17.0 Å². The van der Waals surface area contributed by atoms with Crippen LogP contribution in [0.15, 0.2) is 42.5 Å². The van der Waals surface area contributed by atoms with Crippen molar-refractivity contribution in [3.8, 4) is 0 Å². The number of nitrogens with zero attached hydrogens (tertiary/aromatic N) is 2. The number of fused-ring (bicyclic) bond motifs is 1. The number of carbonyl (C=O) groups is 3. The number of rotatable bonds is 6. The summed E-state index contributed by atoms with van der Waals surface area (Å²) in [5.41, 5.74) is -0.446. The van der Waals surface area contributed by atoms with Crippen molar-refractivity contribution in [2.24, 2.45) is 0 Å². The lowest BCUT2D eigenvalue weighted by atomic mass is 10.0. The monoisotopic (exact) mass is 455 g/mol. The lowest BCUT2D eigenvalue weighted by Crippen LogP contribution is -2.52. The number of piperidine rings is 1. The fourth-order valence-electron chi connectivity index (χ4n) is 3.92. The zero-order chi connectivity index (χ0) is 29.1. The molecule has 3 heterocycles. The molecule has 3 amide bonds. The van der Waals surface area contributed by atoms with Gasteiger partial charge in [-0.05, 0) is 29.7 Å². The van der Waals surface area contributed by atoms with E-state index in [0.29, 0.717) is 31.2 Å². The molecule has 8 heteroatoms. The molecule has 2 N–H and O–H groups in total. The molecule has 3 aliphatic rings. The largest absolute Gasteiger partial charge is 0.381 e. The SMILES string of the molecule is [2H]C([2H])(Nc1cccc2c1C([2H])([2H])N(C1([2H])CCC(=O)NC1=O)C2=O)c1ccccc1C([2H])([2H])N1CCOCC1. The Morgan fingerprint density at radius 3 is 2.70 bits per heavy atom. The van der Waals surface area contributed by atoms with Gasteiger partial charge < -0.3 is 15.0 Å². The molecule has 172 valence electrons. The van der Waals surface area contributed by atoms with Gasteiger partial charge in [0.15, 0.2) is 0 Å². The summed E-state index contributed by atoms with van der Waals surface area (Å²) < 4.78 is 67.2. The van der Waals surface area contributed by atoms with Gasteiger partial charge in [-0.2, -0.15) is 0 Å². The van der Waals surface area contributed by atoms with Gasteiger partial charge in [-0.25, -0.2) is 0 Å². The fourth-order valence-corrected chi connectivity index (χ4v) is 3.92. The summed E-state index contributed by atoms with van der Waals surface area (Å²) in [7, 11) is 0. The van der Waals surface area contributed by atoms with E-state index in [1.807, 2.05) is 5.32 Å². The molecule has 0 aliphatic carbocycles. The number of hydrogen-bond acceptors (Lipinski definition) is 6. The van der Waals surface area contributed by atoms with E-state index in [1.165, 1.54) is 30.3 Å². The number of amides is 3. The highest BCUT2D eigenvalue weighted by Crippen LogP contribution is 2.32. The number of hydrogen-bond donors (Lipinski definition) is 2. The van der Waals surface area contributed by atoms with Crippen LogP contribution in [0.4, 0.5) is 5.69 Å². The zero-order valence-corrected chi connectivity index (χ0v) is 17.8. The molecular formula is C25H28N4O4. The maximum absolute atomic E-state index is 13.4. The maximum atomic E-state index is 13.4. The molecule has 0 bridgehead atoms. The van der Waals surface area contributed by atoms with Crippen LogP contribution in [0.2, 0.25) is 0 Å². The van der Waals surface area contributed by atoms with E-state index < -0.39 is 49.7 Å². The lowest BCUT2D eigenvalue weighted by molar-refractivity contribution is -0.136. The molecule has 0 saturated carbocycles. The molecule has 8 nitrogen and oxygen atoms in total. The first-order valence-corrected chi connectivity index (χ1v) is 10.7. The van der Waals surface area contributed by atoms with E-state index in [9.17, 15) is 14.4 Å². The smallest absolute Gasteiger partial charge is 0.255 e. The Morgan fingerprint density at radius 2 is 1.91 bits per heavy atom. The van der Waals surface area contributed by atoms with Crippen molar-refractivity contribution in [2.45, 2.75) is 38.4 Å². The van der Waals surface area contributed by atoms with Gasteiger partial charge in [-0.3, -0.25) is 24.6 Å². The van der Waals surface area contributed by atoms with Gasteiger partial charge in [0, 0.05) is 58.6 Å². The molecule has 2 aromatic carbocycles. The van der Waals surface area contributed by atoms with Crippen LogP contribution in [-0.2, 0) is 33.8 Å². The van der Waals surface area contributed by atoms with Gasteiger partial charge in [0.25, 0.3) is 5.91 Å². The van der Waals surface area contributed by atoms with Crippen molar-refractivity contribution in [3.05, 3.63) is 64.7 Å². The number of morpholine rings is 1. The van der Waals surface area contributed by atoms with E-state index in [-0.39, 0.29) is 34.4 Å². The van der Waals surface area contributed by atoms with Gasteiger partial charge in [0.05, 0.1) is 20.1 Å². The van der Waals surface area contributed by atoms with E-state index >= 15 is 0 Å². The molecule has 3 aliphatic heterocycles. The first kappa shape index (κ1) is 14.8. The Balaban J connectivity index is 1.53. The fraction of sp³-hybridized carbons (Fsp3) is 0.400. The normalized spacial score (nSPS) is 28.9. The zero-order valence-electron chi connectivity index (χ0n) is 24.8. The topological polar surface area (TPSA) is 91.0 Å². The average Bonchev–Trinajstić information content (AvgIpc) is 3.12. The third-order valence-electron chi connectivity index (χ3n) is 5.64. The molecule has 2 saturated heterocycles. The van der Waals surface area contributed by atoms with Crippen LogP contribution in [-0.4, -0.2) is 59.8 Å². The second kappa shape index (κ2) is 9.33. The van der Waals surface area contributed by atoms with E-state index in [0.717, 1.165) is 0 Å². The predicted octanol–water partition coefficient (Wildman–Crippen LogP) is 1.89. The average molecular weight is 456 g/mol. The Hall–Kier alpha value is -3.23. The number of ether oxygens (including phenoxy) is 1. The minimum Gasteiger partial charge on any atom is -0.381 e. The summed E-state index contributed by atoms with van der Waals surface area (Å²) >= 11 is 0. The van der Waals surface area contributed by atoms with Crippen molar-refractivity contribution in [2.75, 3.05) is 31.6 Å². The summed E-state index contributed by atoms with van der Waals surface area (Å²) in [6.07, 6.45) is -0.647. The number of anilines is 1. The Morgan fingerprint density at radius 1 is 1.12 bits per heavy atom. The van der Waals surface area contributed by atoms with Crippen molar-refractivity contribution in [1.29, 1.82) is 0 Å². The highest BCUT2D eigenvalue weighted by Gasteiger charge is 2.39. The molecule has 5 rings (SSSR count). The number of imide groups is 1. The Bertz CT molecular complexity index is 1380. The highest BCUT2D eigenvalue weighted by atomic mass is 16.5. The van der Waals surface area contributed by atoms with Crippen LogP contribution in [0, 0.1) is 0 Å². The number of nitrogens with one attached hydrogen (secondary N) is 2. The minimum atomic E-state index is -2.71. The third kappa shape index (κ3) is 4.49.